The molecule has 0 unspecified atom stereocenters. The van der Waals surface area contributed by atoms with Crippen LogP contribution in [0.1, 0.15) is 50.4 Å². The lowest BCUT2D eigenvalue weighted by Crippen LogP contribution is -2.33. The maximum absolute atomic E-state index is 11.4. The van der Waals surface area contributed by atoms with Gasteiger partial charge in [-0.3, -0.25) is 0 Å². The Bertz CT molecular complexity index is 432. The van der Waals surface area contributed by atoms with E-state index in [1.165, 1.54) is 0 Å². The second-order valence-corrected chi connectivity index (χ2v) is 5.34. The summed E-state index contributed by atoms with van der Waals surface area (Å²) in [4.78, 5) is 13.5. The molecule has 0 atom stereocenters. The van der Waals surface area contributed by atoms with E-state index in [0.717, 1.165) is 25.8 Å². The minimum absolute atomic E-state index is 0.203. The molecule has 4 heteroatoms. The van der Waals surface area contributed by atoms with Gasteiger partial charge < -0.3 is 10.0 Å². The molecule has 0 saturated carbocycles. The highest BCUT2D eigenvalue weighted by Crippen LogP contribution is 2.29. The number of benzene rings is 1. The van der Waals surface area contributed by atoms with E-state index in [9.17, 15) is 9.90 Å². The van der Waals surface area contributed by atoms with Crippen LogP contribution in [-0.2, 0) is 0 Å². The van der Waals surface area contributed by atoms with Crippen molar-refractivity contribution in [3.05, 3.63) is 28.8 Å². The molecule has 1 N–H and O–H groups in total. The average Bonchev–Trinajstić information content (AvgIpc) is 2.33. The Morgan fingerprint density at radius 3 is 2.58 bits per heavy atom. The Kier molecular flexibility index (Phi) is 6.16. The summed E-state index contributed by atoms with van der Waals surface area (Å²) in [5.41, 5.74) is 0.917. The fourth-order valence-corrected chi connectivity index (χ4v) is 2.40. The van der Waals surface area contributed by atoms with Crippen LogP contribution in [-0.4, -0.2) is 23.7 Å². The summed E-state index contributed by atoms with van der Waals surface area (Å²) < 4.78 is 0. The minimum atomic E-state index is -0.971. The second kappa shape index (κ2) is 7.39. The van der Waals surface area contributed by atoms with Crippen LogP contribution in [0.25, 0.3) is 0 Å². The number of anilines is 1. The zero-order valence-electron chi connectivity index (χ0n) is 11.8. The van der Waals surface area contributed by atoms with Gasteiger partial charge in [-0.2, -0.15) is 0 Å². The van der Waals surface area contributed by atoms with Gasteiger partial charge in [-0.05, 0) is 32.4 Å². The summed E-state index contributed by atoms with van der Waals surface area (Å²) in [6.45, 7) is 7.14. The third-order valence-corrected chi connectivity index (χ3v) is 3.46. The molecule has 1 rings (SSSR count). The van der Waals surface area contributed by atoms with Crippen LogP contribution >= 0.6 is 11.6 Å². The van der Waals surface area contributed by atoms with Gasteiger partial charge in [-0.25, -0.2) is 4.79 Å². The van der Waals surface area contributed by atoms with Crippen LogP contribution in [0.2, 0.25) is 5.02 Å². The molecule has 1 aromatic rings. The maximum Gasteiger partial charge on any atom is 0.339 e. The normalized spacial score (nSPS) is 10.8. The average molecular weight is 284 g/mol. The van der Waals surface area contributed by atoms with Crippen molar-refractivity contribution in [1.82, 2.24) is 0 Å². The first-order valence-electron chi connectivity index (χ1n) is 6.77. The van der Waals surface area contributed by atoms with E-state index in [1.54, 1.807) is 12.1 Å². The molecule has 0 aliphatic heterocycles. The Labute approximate surface area is 120 Å². The maximum atomic E-state index is 11.4. The van der Waals surface area contributed by atoms with E-state index in [0.29, 0.717) is 10.7 Å². The number of carbonyl (C=O) groups is 1. The van der Waals surface area contributed by atoms with Gasteiger partial charge in [-0.15, -0.1) is 0 Å². The molecule has 0 radical (unpaired) electrons. The Morgan fingerprint density at radius 1 is 1.37 bits per heavy atom. The van der Waals surface area contributed by atoms with Crippen molar-refractivity contribution in [2.45, 2.75) is 46.1 Å². The number of carboxylic acids is 1. The molecule has 0 fully saturated rings. The van der Waals surface area contributed by atoms with Gasteiger partial charge >= 0.3 is 5.97 Å². The highest BCUT2D eigenvalue weighted by Gasteiger charge is 2.20. The third-order valence-electron chi connectivity index (χ3n) is 3.14. The van der Waals surface area contributed by atoms with Crippen molar-refractivity contribution >= 4 is 23.3 Å². The monoisotopic (exact) mass is 283 g/mol. The quantitative estimate of drug-likeness (QED) is 0.752. The van der Waals surface area contributed by atoms with Gasteiger partial charge in [0.15, 0.2) is 0 Å². The fraction of sp³-hybridized carbons (Fsp3) is 0.533. The van der Waals surface area contributed by atoms with Crippen molar-refractivity contribution in [2.75, 3.05) is 11.4 Å². The second-order valence-electron chi connectivity index (χ2n) is 4.93. The van der Waals surface area contributed by atoms with Crippen molar-refractivity contribution in [2.24, 2.45) is 0 Å². The van der Waals surface area contributed by atoms with E-state index in [-0.39, 0.29) is 11.6 Å². The number of halogens is 1. The first-order valence-corrected chi connectivity index (χ1v) is 7.15. The number of unbranched alkanes of at least 4 members (excludes halogenated alkanes) is 2. The van der Waals surface area contributed by atoms with Gasteiger partial charge in [0, 0.05) is 12.6 Å². The van der Waals surface area contributed by atoms with Crippen molar-refractivity contribution in [3.8, 4) is 0 Å². The van der Waals surface area contributed by atoms with Crippen LogP contribution in [0.5, 0.6) is 0 Å². The van der Waals surface area contributed by atoms with E-state index >= 15 is 0 Å². The van der Waals surface area contributed by atoms with Crippen LogP contribution in [0.3, 0.4) is 0 Å². The molecule has 0 heterocycles. The lowest BCUT2D eigenvalue weighted by atomic mass is 10.1. The zero-order valence-corrected chi connectivity index (χ0v) is 12.6. The summed E-state index contributed by atoms with van der Waals surface area (Å²) >= 11 is 6.03. The highest BCUT2D eigenvalue weighted by atomic mass is 35.5. The summed E-state index contributed by atoms with van der Waals surface area (Å²) in [7, 11) is 0. The summed E-state index contributed by atoms with van der Waals surface area (Å²) in [5, 5.41) is 9.63. The van der Waals surface area contributed by atoms with E-state index in [1.807, 2.05) is 6.07 Å². The number of hydrogen-bond acceptors (Lipinski definition) is 2. The molecule has 0 amide bonds. The highest BCUT2D eigenvalue weighted by molar-refractivity contribution is 6.34. The van der Waals surface area contributed by atoms with Gasteiger partial charge in [-0.1, -0.05) is 37.4 Å². The zero-order chi connectivity index (χ0) is 14.4. The van der Waals surface area contributed by atoms with Gasteiger partial charge in [0.1, 0.15) is 5.56 Å². The standard InChI is InChI=1S/C15H22ClNO2/c1-4-5-6-10-17(11(2)3)13-9-7-8-12(16)14(13)15(18)19/h7-9,11H,4-6,10H2,1-3H3,(H,18,19). The SMILES string of the molecule is CCCCCN(c1cccc(Cl)c1C(=O)O)C(C)C. The van der Waals surface area contributed by atoms with Crippen molar-refractivity contribution in [3.63, 3.8) is 0 Å². The molecule has 0 aromatic heterocycles. The first-order chi connectivity index (χ1) is 8.99. The third kappa shape index (κ3) is 4.13. The fourth-order valence-electron chi connectivity index (χ4n) is 2.15. The molecule has 1 aromatic carbocycles. The van der Waals surface area contributed by atoms with Crippen molar-refractivity contribution < 1.29 is 9.90 Å². The predicted molar refractivity (Wildman–Crippen MR) is 80.4 cm³/mol. The van der Waals surface area contributed by atoms with Gasteiger partial charge in [0.25, 0.3) is 0 Å². The number of aromatic carboxylic acids is 1. The number of rotatable bonds is 7. The topological polar surface area (TPSA) is 40.5 Å². The Hall–Kier alpha value is -1.22. The molecule has 0 aliphatic rings. The number of nitrogens with zero attached hydrogens (tertiary/aromatic N) is 1. The molecule has 106 valence electrons. The lowest BCUT2D eigenvalue weighted by molar-refractivity contribution is 0.0697. The van der Waals surface area contributed by atoms with E-state index < -0.39 is 5.97 Å². The smallest absolute Gasteiger partial charge is 0.339 e. The Balaban J connectivity index is 3.08. The first kappa shape index (κ1) is 15.8. The molecular weight excluding hydrogens is 262 g/mol. The van der Waals surface area contributed by atoms with E-state index in [4.69, 9.17) is 11.6 Å². The molecule has 0 spiro atoms. The van der Waals surface area contributed by atoms with E-state index in [2.05, 4.69) is 25.7 Å². The molecule has 0 aliphatic carbocycles. The summed E-state index contributed by atoms with van der Waals surface area (Å²) in [5.74, 6) is -0.971. The summed E-state index contributed by atoms with van der Waals surface area (Å²) in [6.07, 6.45) is 3.35. The molecule has 0 saturated heterocycles. The number of hydrogen-bond donors (Lipinski definition) is 1. The van der Waals surface area contributed by atoms with Crippen molar-refractivity contribution in [1.29, 1.82) is 0 Å². The minimum Gasteiger partial charge on any atom is -0.478 e. The number of carboxylic acid groups (broad SMARTS) is 1. The molecule has 3 nitrogen and oxygen atoms in total. The molecule has 19 heavy (non-hydrogen) atoms. The van der Waals surface area contributed by atoms with Crippen LogP contribution in [0, 0.1) is 0 Å². The Morgan fingerprint density at radius 2 is 2.05 bits per heavy atom. The largest absolute Gasteiger partial charge is 0.478 e. The molecule has 0 bridgehead atoms. The van der Waals surface area contributed by atoms with Gasteiger partial charge in [0.2, 0.25) is 0 Å². The lowest BCUT2D eigenvalue weighted by Gasteiger charge is -2.30. The summed E-state index contributed by atoms with van der Waals surface area (Å²) in [6, 6.07) is 5.51. The van der Waals surface area contributed by atoms with Crippen LogP contribution < -0.4 is 4.90 Å². The van der Waals surface area contributed by atoms with Crippen LogP contribution in [0.15, 0.2) is 18.2 Å². The molecular formula is C15H22ClNO2. The predicted octanol–water partition coefficient (Wildman–Crippen LogP) is 4.44. The van der Waals surface area contributed by atoms with Gasteiger partial charge in [0.05, 0.1) is 10.7 Å². The van der Waals surface area contributed by atoms with Crippen LogP contribution in [0.4, 0.5) is 5.69 Å².